The van der Waals surface area contributed by atoms with Gasteiger partial charge >= 0.3 is 6.09 Å². The van der Waals surface area contributed by atoms with E-state index < -0.39 is 12.1 Å². The number of amides is 2. The van der Waals surface area contributed by atoms with Crippen LogP contribution in [-0.2, 0) is 9.53 Å². The van der Waals surface area contributed by atoms with Crippen molar-refractivity contribution in [2.75, 3.05) is 19.7 Å². The maximum atomic E-state index is 11.9. The Balaban J connectivity index is 2.37. The van der Waals surface area contributed by atoms with Crippen molar-refractivity contribution in [3.8, 4) is 0 Å². The molecule has 1 saturated heterocycles. The zero-order chi connectivity index (χ0) is 12.0. The van der Waals surface area contributed by atoms with Gasteiger partial charge in [0.1, 0.15) is 6.04 Å². The van der Waals surface area contributed by atoms with Crippen molar-refractivity contribution in [2.45, 2.75) is 39.2 Å². The molecule has 0 aliphatic carbocycles. The summed E-state index contributed by atoms with van der Waals surface area (Å²) in [4.78, 5) is 24.8. The lowest BCUT2D eigenvalue weighted by Crippen LogP contribution is -2.48. The highest BCUT2D eigenvalue weighted by Gasteiger charge is 2.23. The van der Waals surface area contributed by atoms with Gasteiger partial charge in [-0.2, -0.15) is 0 Å². The number of hydrogen-bond acceptors (Lipinski definition) is 3. The number of piperidine rings is 1. The molecule has 92 valence electrons. The van der Waals surface area contributed by atoms with Crippen LogP contribution >= 0.6 is 0 Å². The Kier molecular flexibility index (Phi) is 5.08. The second kappa shape index (κ2) is 6.35. The predicted molar refractivity (Wildman–Crippen MR) is 60.1 cm³/mol. The van der Waals surface area contributed by atoms with E-state index in [1.807, 2.05) is 0 Å². The fourth-order valence-electron chi connectivity index (χ4n) is 1.80. The van der Waals surface area contributed by atoms with E-state index in [9.17, 15) is 9.59 Å². The van der Waals surface area contributed by atoms with Gasteiger partial charge in [-0.05, 0) is 33.1 Å². The molecule has 1 aliphatic heterocycles. The quantitative estimate of drug-likeness (QED) is 0.788. The average molecular weight is 228 g/mol. The highest BCUT2D eigenvalue weighted by atomic mass is 16.5. The summed E-state index contributed by atoms with van der Waals surface area (Å²) in [6.45, 7) is 5.34. The third-order valence-electron chi connectivity index (χ3n) is 2.65. The standard InChI is InChI=1S/C11H20N2O3/c1-3-16-11(15)12-9(2)10(14)13-7-5-4-6-8-13/h9H,3-8H2,1-2H3,(H,12,15). The van der Waals surface area contributed by atoms with Gasteiger partial charge in [0.25, 0.3) is 0 Å². The average Bonchev–Trinajstić information content (AvgIpc) is 2.29. The first-order valence-electron chi connectivity index (χ1n) is 5.87. The number of carbonyl (C=O) groups is 2. The topological polar surface area (TPSA) is 58.6 Å². The van der Waals surface area contributed by atoms with E-state index in [-0.39, 0.29) is 5.91 Å². The maximum Gasteiger partial charge on any atom is 0.407 e. The van der Waals surface area contributed by atoms with Crippen LogP contribution in [0.4, 0.5) is 4.79 Å². The van der Waals surface area contributed by atoms with E-state index in [0.29, 0.717) is 6.61 Å². The van der Waals surface area contributed by atoms with E-state index in [1.165, 1.54) is 6.42 Å². The van der Waals surface area contributed by atoms with Gasteiger partial charge in [-0.25, -0.2) is 4.79 Å². The molecule has 0 aromatic heterocycles. The number of alkyl carbamates (subject to hydrolysis) is 1. The largest absolute Gasteiger partial charge is 0.450 e. The molecule has 0 aromatic carbocycles. The van der Waals surface area contributed by atoms with E-state index in [0.717, 1.165) is 25.9 Å². The molecule has 1 atom stereocenters. The van der Waals surface area contributed by atoms with Crippen LogP contribution in [0.3, 0.4) is 0 Å². The predicted octanol–water partition coefficient (Wildman–Crippen LogP) is 1.13. The molecule has 1 rings (SSSR count). The Morgan fingerprint density at radius 3 is 2.50 bits per heavy atom. The van der Waals surface area contributed by atoms with E-state index >= 15 is 0 Å². The zero-order valence-corrected chi connectivity index (χ0v) is 9.99. The Bertz CT molecular complexity index is 250. The number of nitrogens with zero attached hydrogens (tertiary/aromatic N) is 1. The van der Waals surface area contributed by atoms with Crippen molar-refractivity contribution in [1.82, 2.24) is 10.2 Å². The lowest BCUT2D eigenvalue weighted by molar-refractivity contribution is -0.133. The lowest BCUT2D eigenvalue weighted by Gasteiger charge is -2.29. The molecule has 1 fully saturated rings. The lowest BCUT2D eigenvalue weighted by atomic mass is 10.1. The van der Waals surface area contributed by atoms with Crippen molar-refractivity contribution in [1.29, 1.82) is 0 Å². The normalized spacial score (nSPS) is 17.8. The second-order valence-electron chi connectivity index (χ2n) is 3.97. The van der Waals surface area contributed by atoms with Gasteiger partial charge in [0.15, 0.2) is 0 Å². The SMILES string of the molecule is CCOC(=O)NC(C)C(=O)N1CCCCC1. The van der Waals surface area contributed by atoms with Crippen LogP contribution in [0.25, 0.3) is 0 Å². The molecule has 1 unspecified atom stereocenters. The van der Waals surface area contributed by atoms with Crippen LogP contribution in [0.1, 0.15) is 33.1 Å². The van der Waals surface area contributed by atoms with Crippen molar-refractivity contribution < 1.29 is 14.3 Å². The van der Waals surface area contributed by atoms with Crippen LogP contribution in [0.2, 0.25) is 0 Å². The van der Waals surface area contributed by atoms with Crippen LogP contribution in [0.5, 0.6) is 0 Å². The molecule has 16 heavy (non-hydrogen) atoms. The molecule has 1 aliphatic rings. The zero-order valence-electron chi connectivity index (χ0n) is 9.99. The molecule has 5 nitrogen and oxygen atoms in total. The molecule has 1 heterocycles. The van der Waals surface area contributed by atoms with Gasteiger partial charge < -0.3 is 15.0 Å². The Labute approximate surface area is 96.1 Å². The highest BCUT2D eigenvalue weighted by Crippen LogP contribution is 2.09. The summed E-state index contributed by atoms with van der Waals surface area (Å²) in [6, 6.07) is -0.503. The second-order valence-corrected chi connectivity index (χ2v) is 3.97. The van der Waals surface area contributed by atoms with Gasteiger partial charge in [-0.1, -0.05) is 0 Å². The Morgan fingerprint density at radius 2 is 1.94 bits per heavy atom. The smallest absolute Gasteiger partial charge is 0.407 e. The third-order valence-corrected chi connectivity index (χ3v) is 2.65. The van der Waals surface area contributed by atoms with Crippen LogP contribution in [0.15, 0.2) is 0 Å². The number of nitrogens with one attached hydrogen (secondary N) is 1. The number of ether oxygens (including phenoxy) is 1. The van der Waals surface area contributed by atoms with Crippen LogP contribution in [0, 0.1) is 0 Å². The van der Waals surface area contributed by atoms with E-state index in [1.54, 1.807) is 18.7 Å². The Hall–Kier alpha value is -1.26. The number of carbonyl (C=O) groups excluding carboxylic acids is 2. The fraction of sp³-hybridized carbons (Fsp3) is 0.818. The molecule has 5 heteroatoms. The first-order chi connectivity index (χ1) is 7.65. The van der Waals surface area contributed by atoms with Crippen molar-refractivity contribution in [3.63, 3.8) is 0 Å². The number of hydrogen-bond donors (Lipinski definition) is 1. The molecule has 0 bridgehead atoms. The minimum Gasteiger partial charge on any atom is -0.450 e. The van der Waals surface area contributed by atoms with Gasteiger partial charge in [0, 0.05) is 13.1 Å². The van der Waals surface area contributed by atoms with E-state index in [4.69, 9.17) is 4.74 Å². The summed E-state index contributed by atoms with van der Waals surface area (Å²) in [5, 5.41) is 2.53. The molecule has 0 radical (unpaired) electrons. The summed E-state index contributed by atoms with van der Waals surface area (Å²) in [5.41, 5.74) is 0. The molecule has 0 aromatic rings. The molecule has 2 amide bonds. The number of likely N-dealkylation sites (tertiary alicyclic amines) is 1. The van der Waals surface area contributed by atoms with Gasteiger partial charge in [-0.3, -0.25) is 4.79 Å². The van der Waals surface area contributed by atoms with Gasteiger partial charge in [0.05, 0.1) is 6.61 Å². The molecular weight excluding hydrogens is 208 g/mol. The minimum absolute atomic E-state index is 0.0206. The first kappa shape index (κ1) is 12.8. The fourth-order valence-corrected chi connectivity index (χ4v) is 1.80. The van der Waals surface area contributed by atoms with Crippen molar-refractivity contribution in [2.24, 2.45) is 0 Å². The van der Waals surface area contributed by atoms with Gasteiger partial charge in [-0.15, -0.1) is 0 Å². The van der Waals surface area contributed by atoms with Crippen LogP contribution in [-0.4, -0.2) is 42.6 Å². The summed E-state index contributed by atoms with van der Waals surface area (Å²) < 4.78 is 4.73. The monoisotopic (exact) mass is 228 g/mol. The summed E-state index contributed by atoms with van der Waals surface area (Å²) >= 11 is 0. The van der Waals surface area contributed by atoms with Crippen LogP contribution < -0.4 is 5.32 Å². The summed E-state index contributed by atoms with van der Waals surface area (Å²) in [6.07, 6.45) is 2.76. The molecule has 0 spiro atoms. The summed E-state index contributed by atoms with van der Waals surface area (Å²) in [5.74, 6) is -0.0206. The summed E-state index contributed by atoms with van der Waals surface area (Å²) in [7, 11) is 0. The maximum absolute atomic E-state index is 11.9. The van der Waals surface area contributed by atoms with Crippen molar-refractivity contribution >= 4 is 12.0 Å². The molecule has 0 saturated carbocycles. The molecule has 1 N–H and O–H groups in total. The third kappa shape index (κ3) is 3.72. The minimum atomic E-state index is -0.527. The number of rotatable bonds is 3. The van der Waals surface area contributed by atoms with E-state index in [2.05, 4.69) is 5.32 Å². The molecular formula is C11H20N2O3. The Morgan fingerprint density at radius 1 is 1.31 bits per heavy atom. The first-order valence-corrected chi connectivity index (χ1v) is 5.87. The highest BCUT2D eigenvalue weighted by molar-refractivity contribution is 5.85. The van der Waals surface area contributed by atoms with Gasteiger partial charge in [0.2, 0.25) is 5.91 Å². The van der Waals surface area contributed by atoms with Crippen molar-refractivity contribution in [3.05, 3.63) is 0 Å².